The highest BCUT2D eigenvalue weighted by molar-refractivity contribution is 9.09. The summed E-state index contributed by atoms with van der Waals surface area (Å²) in [7, 11) is 0. The van der Waals surface area contributed by atoms with Gasteiger partial charge in [0, 0.05) is 123 Å². The molecule has 6 heterocycles. The second kappa shape index (κ2) is 54.3. The Hall–Kier alpha value is -9.50. The Labute approximate surface area is 685 Å². The van der Waals surface area contributed by atoms with E-state index >= 15 is 0 Å². The van der Waals surface area contributed by atoms with Crippen LogP contribution in [0.25, 0.3) is 33.8 Å². The molecule has 8 aromatic rings. The summed E-state index contributed by atoms with van der Waals surface area (Å²) >= 11 is 8.66. The molecular formula is C89H114BrClN6O17. The SMILES string of the molecule is CCOC(=O)C(CC(=O)c1ccccc1)C(C)=O.CCOC(=O)CC(C)=O.CCOC(=O)c1cc(-c2ccccc2)[nH]c1C.CCOC(=O)c1cc(-c2ccccc2)n(CCCN2CCOCC2)c1C.Cc1c(C(=O)O)cc(-c2ccccc2)n1CCCN1CCOCC1.ClCCCN1CCOCC1.O=C(CBr)c1ccccc1. The number of nitrogens with zero attached hydrogens (tertiary/aromatic N) is 5. The first-order valence-corrected chi connectivity index (χ1v) is 40.6. The highest BCUT2D eigenvalue weighted by atomic mass is 79.9. The standard InChI is InChI=1S/C21H28N2O3.C19H24N2O3.C14H15NO2.C14H16O4.C8H7BrO.C7H14ClNO.C6H10O3/c1-3-26-21(24)19-16-20(18-8-5-4-6-9-18)23(17(19)2)11-7-10-22-12-14-25-15-13-22;1-15-17(19(22)23)14-18(16-6-3-2-4-7-16)21(15)9-5-8-20-10-12-24-13-11-20;1-3-17-14(16)12-9-13(15-10(12)2)11-7-5-4-6-8-11;1-3-18-14(17)12(10(2)15)9-13(16)11-7-5-4-6-8-11;9-6-8(10)7-4-2-1-3-5-7;8-2-1-3-9-4-6-10-7-5-9;1-3-9-6(8)4-5(2)7/h4-6,8-9,16H,3,7,10-15H2,1-2H3;2-4,6-7,14H,5,8-13H2,1H3,(H,22,23);4-9,15H,3H2,1-2H3;4-8,12H,3,9H2,1-2H3;1-5H,6H2;1-7H2;3-4H2,1-2H3. The molecule has 114 heavy (non-hydrogen) atoms. The fourth-order valence-electron chi connectivity index (χ4n) is 12.3. The number of hydrogen-bond donors (Lipinski definition) is 2. The van der Waals surface area contributed by atoms with E-state index in [4.69, 9.17) is 40.0 Å². The molecule has 616 valence electrons. The van der Waals surface area contributed by atoms with Gasteiger partial charge in [-0.25, -0.2) is 14.4 Å². The molecule has 1 atom stereocenters. The lowest BCUT2D eigenvalue weighted by Crippen LogP contribution is -2.37. The van der Waals surface area contributed by atoms with E-state index in [9.17, 15) is 48.3 Å². The number of benzene rings is 5. The summed E-state index contributed by atoms with van der Waals surface area (Å²) < 4.78 is 39.9. The summed E-state index contributed by atoms with van der Waals surface area (Å²) in [5, 5.41) is 9.84. The van der Waals surface area contributed by atoms with Crippen LogP contribution in [0, 0.1) is 26.7 Å². The average molecular weight is 1660 g/mol. The number of carbonyl (C=O) groups is 9. The molecular weight excluding hydrogens is 1540 g/mol. The fourth-order valence-corrected chi connectivity index (χ4v) is 12.7. The number of aryl methyl sites for hydroxylation is 1. The topological polar surface area (TPSA) is 274 Å². The zero-order chi connectivity index (χ0) is 83.0. The predicted molar refractivity (Wildman–Crippen MR) is 448 cm³/mol. The van der Waals surface area contributed by atoms with Crippen LogP contribution in [0.4, 0.5) is 0 Å². The monoisotopic (exact) mass is 1650 g/mol. The smallest absolute Gasteiger partial charge is 0.339 e. The summed E-state index contributed by atoms with van der Waals surface area (Å²) in [5.74, 6) is -3.29. The van der Waals surface area contributed by atoms with Crippen LogP contribution in [0.15, 0.2) is 170 Å². The number of Topliss-reactive ketones (excluding diaryl/α,β-unsaturated/α-hetero) is 4. The average Bonchev–Trinajstić information content (AvgIpc) is 1.66. The van der Waals surface area contributed by atoms with Gasteiger partial charge in [0.2, 0.25) is 0 Å². The molecule has 1 unspecified atom stereocenters. The number of aromatic nitrogens is 3. The maximum absolute atomic E-state index is 12.3. The number of halogens is 2. The second-order valence-electron chi connectivity index (χ2n) is 26.6. The van der Waals surface area contributed by atoms with Crippen molar-refractivity contribution in [3.05, 3.63) is 215 Å². The number of ketones is 4. The first kappa shape index (κ1) is 95.1. The van der Waals surface area contributed by atoms with Crippen molar-refractivity contribution >= 4 is 80.5 Å². The van der Waals surface area contributed by atoms with Gasteiger partial charge in [0.25, 0.3) is 0 Å². The first-order valence-electron chi connectivity index (χ1n) is 38.9. The number of ether oxygens (including phenoxy) is 7. The minimum atomic E-state index is -1.00. The molecule has 3 aliphatic heterocycles. The van der Waals surface area contributed by atoms with E-state index in [0.717, 1.165) is 193 Å². The van der Waals surface area contributed by atoms with Crippen LogP contribution in [-0.4, -0.2) is 223 Å². The molecule has 23 nitrogen and oxygen atoms in total. The van der Waals surface area contributed by atoms with Gasteiger partial charge in [0.15, 0.2) is 11.6 Å². The van der Waals surface area contributed by atoms with Gasteiger partial charge in [-0.1, -0.05) is 168 Å². The van der Waals surface area contributed by atoms with Crippen LogP contribution in [0.1, 0.15) is 143 Å². The van der Waals surface area contributed by atoms with Crippen molar-refractivity contribution in [2.24, 2.45) is 5.92 Å². The number of carboxylic acids is 1. The summed E-state index contributed by atoms with van der Waals surface area (Å²) in [5.41, 5.74) is 11.8. The summed E-state index contributed by atoms with van der Waals surface area (Å²) in [6, 6.07) is 53.5. The van der Waals surface area contributed by atoms with E-state index in [1.54, 1.807) is 57.2 Å². The van der Waals surface area contributed by atoms with Gasteiger partial charge in [-0.2, -0.15) is 0 Å². The normalized spacial score (nSPS) is 13.5. The van der Waals surface area contributed by atoms with Crippen molar-refractivity contribution in [3.63, 3.8) is 0 Å². The number of carboxylic acid groups (broad SMARTS) is 1. The number of rotatable bonds is 30. The first-order chi connectivity index (χ1) is 55.1. The molecule has 3 aliphatic rings. The Balaban J connectivity index is 0.000000246. The number of carbonyl (C=O) groups excluding carboxylic acids is 8. The van der Waals surface area contributed by atoms with Gasteiger partial charge in [-0.15, -0.1) is 11.6 Å². The Kier molecular flexibility index (Phi) is 45.3. The van der Waals surface area contributed by atoms with Crippen molar-refractivity contribution in [1.29, 1.82) is 0 Å². The third-order valence-corrected chi connectivity index (χ3v) is 19.1. The quantitative estimate of drug-likeness (QED) is 0.0139. The molecule has 11 rings (SSSR count). The minimum Gasteiger partial charge on any atom is -0.478 e. The number of morpholine rings is 3. The second-order valence-corrected chi connectivity index (χ2v) is 27.5. The molecule has 2 N–H and O–H groups in total. The summed E-state index contributed by atoms with van der Waals surface area (Å²) in [6.45, 7) is 32.8. The van der Waals surface area contributed by atoms with E-state index < -0.39 is 23.8 Å². The van der Waals surface area contributed by atoms with Gasteiger partial charge in [0.05, 0.1) is 88.1 Å². The van der Waals surface area contributed by atoms with Gasteiger partial charge < -0.3 is 52.4 Å². The zero-order valence-electron chi connectivity index (χ0n) is 67.5. The van der Waals surface area contributed by atoms with Crippen LogP contribution in [0.3, 0.4) is 0 Å². The minimum absolute atomic E-state index is 0.103. The van der Waals surface area contributed by atoms with Crippen LogP contribution < -0.4 is 0 Å². The Morgan fingerprint density at radius 2 is 0.851 bits per heavy atom. The maximum Gasteiger partial charge on any atom is 0.339 e. The highest BCUT2D eigenvalue weighted by Gasteiger charge is 2.28. The van der Waals surface area contributed by atoms with Crippen LogP contribution in [-0.2, 0) is 65.4 Å². The van der Waals surface area contributed by atoms with Crippen molar-refractivity contribution in [1.82, 2.24) is 28.8 Å². The van der Waals surface area contributed by atoms with E-state index in [2.05, 4.69) is 61.6 Å². The third-order valence-electron chi connectivity index (χ3n) is 18.3. The number of H-pyrrole nitrogens is 1. The zero-order valence-corrected chi connectivity index (χ0v) is 69.9. The van der Waals surface area contributed by atoms with E-state index in [-0.39, 0.29) is 54.5 Å². The summed E-state index contributed by atoms with van der Waals surface area (Å²) in [6.07, 6.45) is 2.89. The molecule has 0 saturated carbocycles. The molecule has 3 fully saturated rings. The largest absolute Gasteiger partial charge is 0.478 e. The lowest BCUT2D eigenvalue weighted by molar-refractivity contribution is -0.151. The molecule has 3 aromatic heterocycles. The van der Waals surface area contributed by atoms with Crippen molar-refractivity contribution in [2.45, 2.75) is 108 Å². The van der Waals surface area contributed by atoms with E-state index in [1.807, 2.05) is 149 Å². The number of esters is 4. The Morgan fingerprint density at radius 3 is 1.24 bits per heavy atom. The lowest BCUT2D eigenvalue weighted by atomic mass is 9.95. The number of alkyl halides is 2. The van der Waals surface area contributed by atoms with Gasteiger partial charge >= 0.3 is 29.8 Å². The van der Waals surface area contributed by atoms with Crippen LogP contribution in [0.5, 0.6) is 0 Å². The van der Waals surface area contributed by atoms with Crippen molar-refractivity contribution in [2.75, 3.05) is 136 Å². The number of nitrogens with one attached hydrogen (secondary N) is 1. The molecule has 5 aromatic carbocycles. The van der Waals surface area contributed by atoms with E-state index in [1.165, 1.54) is 13.8 Å². The molecule has 25 heteroatoms. The van der Waals surface area contributed by atoms with E-state index in [0.29, 0.717) is 47.4 Å². The van der Waals surface area contributed by atoms with Gasteiger partial charge in [-0.3, -0.25) is 43.5 Å². The lowest BCUT2D eigenvalue weighted by Gasteiger charge is -2.26. The van der Waals surface area contributed by atoms with Gasteiger partial charge in [-0.05, 0) is 123 Å². The van der Waals surface area contributed by atoms with Crippen LogP contribution in [0.2, 0.25) is 0 Å². The summed E-state index contributed by atoms with van der Waals surface area (Å²) in [4.78, 5) is 112. The Bertz CT molecular complexity index is 4180. The van der Waals surface area contributed by atoms with Crippen molar-refractivity contribution < 1.29 is 81.4 Å². The predicted octanol–water partition coefficient (Wildman–Crippen LogP) is 15.2. The third kappa shape index (κ3) is 33.9. The molecule has 0 bridgehead atoms. The molecule has 0 spiro atoms. The van der Waals surface area contributed by atoms with Crippen molar-refractivity contribution in [3.8, 4) is 33.8 Å². The fraction of sp³-hybridized carbons (Fsp3) is 0.427. The Morgan fingerprint density at radius 1 is 0.474 bits per heavy atom. The van der Waals surface area contributed by atoms with Crippen LogP contribution >= 0.6 is 27.5 Å². The molecule has 0 aliphatic carbocycles. The number of aromatic amines is 1. The molecule has 0 amide bonds. The maximum atomic E-state index is 12.3. The highest BCUT2D eigenvalue weighted by Crippen LogP contribution is 2.29. The number of hydrogen-bond acceptors (Lipinski definition) is 19. The van der Waals surface area contributed by atoms with Gasteiger partial charge in [0.1, 0.15) is 23.9 Å². The molecule has 3 saturated heterocycles. The molecule has 0 radical (unpaired) electrons. The number of aromatic carboxylic acids is 1.